The molecule has 0 saturated heterocycles. The number of hydrogen-bond acceptors (Lipinski definition) is 2. The van der Waals surface area contributed by atoms with Crippen LogP contribution in [0.4, 0.5) is 4.39 Å². The third-order valence-corrected chi connectivity index (χ3v) is 0.921. The highest BCUT2D eigenvalue weighted by molar-refractivity contribution is 9.10. The van der Waals surface area contributed by atoms with Crippen LogP contribution >= 0.6 is 15.9 Å². The summed E-state index contributed by atoms with van der Waals surface area (Å²) < 4.78 is 12.3. The SMILES string of the molecule is Fc1[c]nc(Br)cn1. The molecule has 0 spiro atoms. The minimum Gasteiger partial charge on any atom is -0.233 e. The largest absolute Gasteiger partial charge is 0.241 e. The quantitative estimate of drug-likeness (QED) is 0.592. The maximum atomic E-state index is 11.8. The molecule has 0 aliphatic heterocycles. The number of nitrogens with zero attached hydrogens (tertiary/aromatic N) is 2. The lowest BCUT2D eigenvalue weighted by Gasteiger charge is -1.82. The van der Waals surface area contributed by atoms with Gasteiger partial charge in [-0.3, -0.25) is 0 Å². The van der Waals surface area contributed by atoms with Crippen LogP contribution in [0.3, 0.4) is 0 Å². The van der Waals surface area contributed by atoms with Crippen LogP contribution in [-0.2, 0) is 0 Å². The van der Waals surface area contributed by atoms with Gasteiger partial charge in [-0.05, 0) is 15.9 Å². The van der Waals surface area contributed by atoms with Crippen LogP contribution in [0.2, 0.25) is 0 Å². The Hall–Kier alpha value is -0.510. The van der Waals surface area contributed by atoms with E-state index < -0.39 is 5.95 Å². The molecule has 0 aliphatic carbocycles. The fourth-order valence-electron chi connectivity index (χ4n) is 0.267. The first kappa shape index (κ1) is 5.62. The van der Waals surface area contributed by atoms with Crippen molar-refractivity contribution in [3.05, 3.63) is 22.9 Å². The van der Waals surface area contributed by atoms with E-state index >= 15 is 0 Å². The summed E-state index contributed by atoms with van der Waals surface area (Å²) in [6.45, 7) is 0. The van der Waals surface area contributed by atoms with Gasteiger partial charge in [0.05, 0.1) is 6.20 Å². The van der Waals surface area contributed by atoms with Gasteiger partial charge in [0.15, 0.2) is 0 Å². The summed E-state index contributed by atoms with van der Waals surface area (Å²) in [5.74, 6) is -0.687. The van der Waals surface area contributed by atoms with Crippen molar-refractivity contribution in [1.29, 1.82) is 0 Å². The highest BCUT2D eigenvalue weighted by Crippen LogP contribution is 1.99. The molecule has 4 heteroatoms. The summed E-state index contributed by atoms with van der Waals surface area (Å²) >= 11 is 2.97. The van der Waals surface area contributed by atoms with Crippen molar-refractivity contribution >= 4 is 15.9 Å². The van der Waals surface area contributed by atoms with Crippen molar-refractivity contribution in [2.75, 3.05) is 0 Å². The van der Waals surface area contributed by atoms with Gasteiger partial charge in [0, 0.05) is 0 Å². The van der Waals surface area contributed by atoms with Gasteiger partial charge in [-0.2, -0.15) is 4.39 Å². The molecule has 1 radical (unpaired) electrons. The summed E-state index contributed by atoms with van der Waals surface area (Å²) in [4.78, 5) is 6.68. The lowest BCUT2D eigenvalue weighted by molar-refractivity contribution is 0.572. The highest BCUT2D eigenvalue weighted by atomic mass is 79.9. The first-order chi connectivity index (χ1) is 3.79. The summed E-state index contributed by atoms with van der Waals surface area (Å²) in [7, 11) is 0. The molecule has 41 valence electrons. The molecule has 0 unspecified atom stereocenters. The normalized spacial score (nSPS) is 9.25. The molecule has 1 heterocycles. The molecule has 0 saturated carbocycles. The van der Waals surface area contributed by atoms with E-state index in [-0.39, 0.29) is 0 Å². The molecular formula is C4HBrFN2. The van der Waals surface area contributed by atoms with Gasteiger partial charge in [0.1, 0.15) is 10.8 Å². The smallest absolute Gasteiger partial charge is 0.233 e. The zero-order chi connectivity index (χ0) is 5.98. The fraction of sp³-hybridized carbons (Fsp3) is 0. The monoisotopic (exact) mass is 175 g/mol. The van der Waals surface area contributed by atoms with Crippen LogP contribution in [0.5, 0.6) is 0 Å². The molecule has 1 rings (SSSR count). The van der Waals surface area contributed by atoms with E-state index in [1.54, 1.807) is 0 Å². The molecule has 0 atom stereocenters. The van der Waals surface area contributed by atoms with Gasteiger partial charge in [-0.25, -0.2) is 9.97 Å². The van der Waals surface area contributed by atoms with Crippen molar-refractivity contribution < 1.29 is 4.39 Å². The lowest BCUT2D eigenvalue weighted by Crippen LogP contribution is -1.83. The Morgan fingerprint density at radius 1 is 1.75 bits per heavy atom. The molecule has 0 aromatic carbocycles. The standard InChI is InChI=1S/C4HBrFN2/c5-3-1-8-4(6)2-7-3/h1H. The molecule has 0 fully saturated rings. The average Bonchev–Trinajstić information content (AvgIpc) is 1.77. The predicted molar refractivity (Wildman–Crippen MR) is 28.5 cm³/mol. The van der Waals surface area contributed by atoms with Crippen molar-refractivity contribution in [2.24, 2.45) is 0 Å². The molecule has 1 aromatic rings. The molecule has 0 aliphatic rings. The van der Waals surface area contributed by atoms with Crippen molar-refractivity contribution in [3.63, 3.8) is 0 Å². The maximum absolute atomic E-state index is 11.8. The Kier molecular flexibility index (Phi) is 1.53. The Bertz CT molecular complexity index is 153. The van der Waals surface area contributed by atoms with Gasteiger partial charge in [0.2, 0.25) is 5.95 Å². The minimum absolute atomic E-state index is 0.485. The lowest BCUT2D eigenvalue weighted by atomic mass is 10.7. The topological polar surface area (TPSA) is 25.8 Å². The molecule has 2 nitrogen and oxygen atoms in total. The van der Waals surface area contributed by atoms with Gasteiger partial charge < -0.3 is 0 Å². The van der Waals surface area contributed by atoms with E-state index in [1.807, 2.05) is 6.20 Å². The number of hydrogen-bond donors (Lipinski definition) is 0. The van der Waals surface area contributed by atoms with E-state index in [1.165, 1.54) is 6.20 Å². The van der Waals surface area contributed by atoms with Crippen molar-refractivity contribution in [3.8, 4) is 0 Å². The van der Waals surface area contributed by atoms with E-state index in [4.69, 9.17) is 0 Å². The molecule has 8 heavy (non-hydrogen) atoms. The van der Waals surface area contributed by atoms with Gasteiger partial charge in [0.25, 0.3) is 0 Å². The Labute approximate surface area is 53.9 Å². The summed E-state index contributed by atoms with van der Waals surface area (Å²) in [6.07, 6.45) is 3.29. The van der Waals surface area contributed by atoms with E-state index in [2.05, 4.69) is 25.9 Å². The second-order valence-electron chi connectivity index (χ2n) is 1.10. The maximum Gasteiger partial charge on any atom is 0.241 e. The Morgan fingerprint density at radius 2 is 2.50 bits per heavy atom. The van der Waals surface area contributed by atoms with Crippen molar-refractivity contribution in [1.82, 2.24) is 9.97 Å². The third-order valence-electron chi connectivity index (χ3n) is 0.539. The third kappa shape index (κ3) is 1.23. The van der Waals surface area contributed by atoms with Crippen LogP contribution in [0.15, 0.2) is 10.8 Å². The zero-order valence-corrected chi connectivity index (χ0v) is 5.31. The molecule has 0 bridgehead atoms. The minimum atomic E-state index is -0.687. The van der Waals surface area contributed by atoms with Gasteiger partial charge in [-0.15, -0.1) is 0 Å². The van der Waals surface area contributed by atoms with E-state index in [9.17, 15) is 4.39 Å². The van der Waals surface area contributed by atoms with Gasteiger partial charge >= 0.3 is 0 Å². The van der Waals surface area contributed by atoms with Crippen molar-refractivity contribution in [2.45, 2.75) is 0 Å². The predicted octanol–water partition coefficient (Wildman–Crippen LogP) is 1.18. The van der Waals surface area contributed by atoms with Crippen LogP contribution in [0, 0.1) is 12.1 Å². The number of aromatic nitrogens is 2. The highest BCUT2D eigenvalue weighted by Gasteiger charge is 1.89. The zero-order valence-electron chi connectivity index (χ0n) is 3.73. The summed E-state index contributed by atoms with van der Waals surface area (Å²) in [5.41, 5.74) is 0. The van der Waals surface area contributed by atoms with Gasteiger partial charge in [-0.1, -0.05) is 0 Å². The van der Waals surface area contributed by atoms with Crippen LogP contribution < -0.4 is 0 Å². The molecule has 1 aromatic heterocycles. The van der Waals surface area contributed by atoms with E-state index in [0.29, 0.717) is 4.60 Å². The fourth-order valence-corrected chi connectivity index (χ4v) is 0.458. The second kappa shape index (κ2) is 2.17. The van der Waals surface area contributed by atoms with Crippen LogP contribution in [0.25, 0.3) is 0 Å². The molecular weight excluding hydrogens is 175 g/mol. The summed E-state index contributed by atoms with van der Waals surface area (Å²) in [6, 6.07) is 0. The summed E-state index contributed by atoms with van der Waals surface area (Å²) in [5, 5.41) is 0. The van der Waals surface area contributed by atoms with Crippen LogP contribution in [0.1, 0.15) is 0 Å². The first-order valence-electron chi connectivity index (χ1n) is 1.85. The Balaban J connectivity index is 3.03. The average molecular weight is 176 g/mol. The number of rotatable bonds is 0. The first-order valence-corrected chi connectivity index (χ1v) is 2.64. The Morgan fingerprint density at radius 3 is 2.88 bits per heavy atom. The number of halogens is 2. The second-order valence-corrected chi connectivity index (χ2v) is 1.91. The van der Waals surface area contributed by atoms with Crippen LogP contribution in [-0.4, -0.2) is 9.97 Å². The molecule has 0 N–H and O–H groups in total. The molecule has 0 amide bonds. The van der Waals surface area contributed by atoms with E-state index in [0.717, 1.165) is 0 Å².